The third-order valence-corrected chi connectivity index (χ3v) is 3.15. The summed E-state index contributed by atoms with van der Waals surface area (Å²) in [5, 5.41) is 17.8. The van der Waals surface area contributed by atoms with Crippen LogP contribution in [-0.2, 0) is 9.59 Å². The van der Waals surface area contributed by atoms with E-state index in [1.165, 1.54) is 0 Å². The second kappa shape index (κ2) is 8.14. The van der Waals surface area contributed by atoms with Crippen molar-refractivity contribution in [3.8, 4) is 5.75 Å². The van der Waals surface area contributed by atoms with E-state index < -0.39 is 17.9 Å². The Labute approximate surface area is 124 Å². The number of carboxylic acid groups (broad SMARTS) is 2. The highest BCUT2D eigenvalue weighted by atomic mass is 16.5. The highest BCUT2D eigenvalue weighted by Crippen LogP contribution is 2.22. The zero-order valence-electron chi connectivity index (χ0n) is 12.3. The zero-order valence-corrected chi connectivity index (χ0v) is 12.3. The molecule has 1 aromatic rings. The molecule has 0 aromatic heterocycles. The summed E-state index contributed by atoms with van der Waals surface area (Å²) in [6, 6.07) is 7.30. The molecule has 1 rings (SSSR count). The van der Waals surface area contributed by atoms with Crippen LogP contribution in [0.15, 0.2) is 24.3 Å². The smallest absolute Gasteiger partial charge is 0.308 e. The maximum absolute atomic E-state index is 11.0. The predicted octanol–water partition coefficient (Wildman–Crippen LogP) is 2.09. The summed E-state index contributed by atoms with van der Waals surface area (Å²) in [6.45, 7) is 2.44. The van der Waals surface area contributed by atoms with Crippen molar-refractivity contribution in [1.29, 1.82) is 0 Å². The van der Waals surface area contributed by atoms with Crippen LogP contribution in [-0.4, -0.2) is 42.4 Å². The first-order valence-corrected chi connectivity index (χ1v) is 6.77. The monoisotopic (exact) mass is 295 g/mol. The van der Waals surface area contributed by atoms with Gasteiger partial charge in [0.15, 0.2) is 0 Å². The average Bonchev–Trinajstić information content (AvgIpc) is 2.45. The molecular formula is C15H21NO5. The van der Waals surface area contributed by atoms with Crippen LogP contribution in [0.5, 0.6) is 5.75 Å². The van der Waals surface area contributed by atoms with E-state index in [1.54, 1.807) is 20.1 Å². The van der Waals surface area contributed by atoms with E-state index in [-0.39, 0.29) is 6.42 Å². The number of anilines is 1. The largest absolute Gasteiger partial charge is 0.497 e. The minimum absolute atomic E-state index is 0.0575. The molecule has 0 fully saturated rings. The molecule has 0 aliphatic rings. The minimum Gasteiger partial charge on any atom is -0.497 e. The van der Waals surface area contributed by atoms with Crippen LogP contribution in [0.4, 0.5) is 5.69 Å². The van der Waals surface area contributed by atoms with Gasteiger partial charge in [0, 0.05) is 31.3 Å². The highest BCUT2D eigenvalue weighted by molar-refractivity contribution is 5.70. The molecule has 0 spiro atoms. The number of benzene rings is 1. The Hall–Kier alpha value is -2.24. The number of methoxy groups -OCH3 is 1. The molecule has 116 valence electrons. The molecule has 0 saturated heterocycles. The Balaban J connectivity index is 2.83. The Kier molecular flexibility index (Phi) is 6.52. The lowest BCUT2D eigenvalue weighted by molar-refractivity contribution is -0.141. The number of aliphatic carboxylic acids is 2. The highest BCUT2D eigenvalue weighted by Gasteiger charge is 2.17. The first kappa shape index (κ1) is 16.8. The SMILES string of the molecule is COc1cccc(N(CCCC(=O)O)CC(C)C(=O)O)c1. The lowest BCUT2D eigenvalue weighted by Gasteiger charge is -2.26. The van der Waals surface area contributed by atoms with Crippen LogP contribution < -0.4 is 9.64 Å². The maximum atomic E-state index is 11.0. The van der Waals surface area contributed by atoms with Gasteiger partial charge in [-0.05, 0) is 18.6 Å². The van der Waals surface area contributed by atoms with Crippen LogP contribution in [0, 0.1) is 5.92 Å². The van der Waals surface area contributed by atoms with Gasteiger partial charge in [-0.15, -0.1) is 0 Å². The van der Waals surface area contributed by atoms with Gasteiger partial charge >= 0.3 is 11.9 Å². The van der Waals surface area contributed by atoms with Crippen LogP contribution in [0.1, 0.15) is 19.8 Å². The summed E-state index contributed by atoms with van der Waals surface area (Å²) in [5.74, 6) is -1.59. The molecule has 1 unspecified atom stereocenters. The van der Waals surface area contributed by atoms with Crippen LogP contribution in [0.2, 0.25) is 0 Å². The average molecular weight is 295 g/mol. The Morgan fingerprint density at radius 3 is 2.62 bits per heavy atom. The summed E-state index contributed by atoms with van der Waals surface area (Å²) in [6.07, 6.45) is 0.515. The van der Waals surface area contributed by atoms with Crippen molar-refractivity contribution in [3.63, 3.8) is 0 Å². The summed E-state index contributed by atoms with van der Waals surface area (Å²) in [4.78, 5) is 23.5. The number of hydrogen-bond donors (Lipinski definition) is 2. The lowest BCUT2D eigenvalue weighted by atomic mass is 10.1. The van der Waals surface area contributed by atoms with Gasteiger partial charge < -0.3 is 19.8 Å². The Morgan fingerprint density at radius 1 is 1.33 bits per heavy atom. The van der Waals surface area contributed by atoms with Gasteiger partial charge in [0.1, 0.15) is 5.75 Å². The molecule has 6 nitrogen and oxygen atoms in total. The standard InChI is InChI=1S/C15H21NO5/c1-11(15(19)20)10-16(8-4-7-14(17)18)12-5-3-6-13(9-12)21-2/h3,5-6,9,11H,4,7-8,10H2,1-2H3,(H,17,18)(H,19,20). The van der Waals surface area contributed by atoms with E-state index in [2.05, 4.69) is 0 Å². The van der Waals surface area contributed by atoms with E-state index >= 15 is 0 Å². The van der Waals surface area contributed by atoms with Gasteiger partial charge in [0.05, 0.1) is 13.0 Å². The lowest BCUT2D eigenvalue weighted by Crippen LogP contribution is -2.33. The fourth-order valence-corrected chi connectivity index (χ4v) is 1.96. The van der Waals surface area contributed by atoms with Crippen molar-refractivity contribution >= 4 is 17.6 Å². The van der Waals surface area contributed by atoms with Gasteiger partial charge in [-0.3, -0.25) is 9.59 Å². The molecule has 0 aliphatic heterocycles. The van der Waals surface area contributed by atoms with Crippen LogP contribution in [0.25, 0.3) is 0 Å². The van der Waals surface area contributed by atoms with Crippen molar-refractivity contribution in [2.75, 3.05) is 25.1 Å². The Bertz CT molecular complexity index is 489. The third-order valence-electron chi connectivity index (χ3n) is 3.15. The van der Waals surface area contributed by atoms with E-state index in [0.717, 1.165) is 5.69 Å². The van der Waals surface area contributed by atoms with Gasteiger partial charge in [0.2, 0.25) is 0 Å². The molecule has 0 aliphatic carbocycles. The number of nitrogens with zero attached hydrogens (tertiary/aromatic N) is 1. The van der Waals surface area contributed by atoms with Gasteiger partial charge in [0.25, 0.3) is 0 Å². The van der Waals surface area contributed by atoms with Gasteiger partial charge in [-0.1, -0.05) is 13.0 Å². The summed E-state index contributed by atoms with van der Waals surface area (Å²) >= 11 is 0. The molecule has 1 aromatic carbocycles. The minimum atomic E-state index is -0.874. The van der Waals surface area contributed by atoms with E-state index in [0.29, 0.717) is 25.3 Å². The van der Waals surface area contributed by atoms with Gasteiger partial charge in [-0.2, -0.15) is 0 Å². The quantitative estimate of drug-likeness (QED) is 0.725. The topological polar surface area (TPSA) is 87.1 Å². The summed E-state index contributed by atoms with van der Waals surface area (Å²) < 4.78 is 5.16. The number of carbonyl (C=O) groups is 2. The molecule has 1 atom stereocenters. The summed E-state index contributed by atoms with van der Waals surface area (Å²) in [5.41, 5.74) is 0.827. The fourth-order valence-electron chi connectivity index (χ4n) is 1.96. The molecule has 0 bridgehead atoms. The third kappa shape index (κ3) is 5.72. The molecule has 0 amide bonds. The second-order valence-corrected chi connectivity index (χ2v) is 4.88. The summed E-state index contributed by atoms with van der Waals surface area (Å²) in [7, 11) is 1.56. The Morgan fingerprint density at radius 2 is 2.05 bits per heavy atom. The van der Waals surface area contributed by atoms with Crippen molar-refractivity contribution in [2.24, 2.45) is 5.92 Å². The molecular weight excluding hydrogens is 274 g/mol. The number of carboxylic acids is 2. The van der Waals surface area contributed by atoms with Crippen molar-refractivity contribution < 1.29 is 24.5 Å². The molecule has 0 heterocycles. The number of ether oxygens (including phenoxy) is 1. The van der Waals surface area contributed by atoms with Gasteiger partial charge in [-0.25, -0.2) is 0 Å². The molecule has 21 heavy (non-hydrogen) atoms. The molecule has 6 heteroatoms. The molecule has 0 saturated carbocycles. The van der Waals surface area contributed by atoms with E-state index in [1.807, 2.05) is 23.1 Å². The van der Waals surface area contributed by atoms with E-state index in [4.69, 9.17) is 14.9 Å². The normalized spacial score (nSPS) is 11.7. The van der Waals surface area contributed by atoms with E-state index in [9.17, 15) is 9.59 Å². The second-order valence-electron chi connectivity index (χ2n) is 4.88. The first-order chi connectivity index (χ1) is 9.93. The van der Waals surface area contributed by atoms with Crippen molar-refractivity contribution in [2.45, 2.75) is 19.8 Å². The number of rotatable bonds is 9. The maximum Gasteiger partial charge on any atom is 0.308 e. The first-order valence-electron chi connectivity index (χ1n) is 6.77. The van der Waals surface area contributed by atoms with Crippen molar-refractivity contribution in [3.05, 3.63) is 24.3 Å². The van der Waals surface area contributed by atoms with Crippen molar-refractivity contribution in [1.82, 2.24) is 0 Å². The fraction of sp³-hybridized carbons (Fsp3) is 0.467. The number of hydrogen-bond acceptors (Lipinski definition) is 4. The molecule has 0 radical (unpaired) electrons. The predicted molar refractivity (Wildman–Crippen MR) is 78.9 cm³/mol. The van der Waals surface area contributed by atoms with Crippen LogP contribution >= 0.6 is 0 Å². The van der Waals surface area contributed by atoms with Crippen LogP contribution in [0.3, 0.4) is 0 Å². The molecule has 2 N–H and O–H groups in total. The zero-order chi connectivity index (χ0) is 15.8.